The van der Waals surface area contributed by atoms with Gasteiger partial charge in [0, 0.05) is 18.7 Å². The van der Waals surface area contributed by atoms with Gasteiger partial charge in [-0.05, 0) is 24.6 Å². The number of nitrogens with two attached hydrogens (primary N) is 1. The van der Waals surface area contributed by atoms with Crippen LogP contribution in [-0.4, -0.2) is 29.2 Å². The molecule has 2 aromatic rings. The monoisotopic (exact) mass is 276 g/mol. The van der Waals surface area contributed by atoms with Crippen molar-refractivity contribution in [1.29, 1.82) is 0 Å². The summed E-state index contributed by atoms with van der Waals surface area (Å²) >= 11 is 0. The van der Waals surface area contributed by atoms with Gasteiger partial charge in [0.1, 0.15) is 5.69 Å². The molecule has 0 spiro atoms. The lowest BCUT2D eigenvalue weighted by Gasteiger charge is -2.11. The minimum atomic E-state index is 0.355. The highest BCUT2D eigenvalue weighted by Crippen LogP contribution is 2.33. The fourth-order valence-electron chi connectivity index (χ4n) is 2.15. The maximum atomic E-state index is 5.75. The Bertz CT molecular complexity index is 581. The van der Waals surface area contributed by atoms with E-state index < -0.39 is 0 Å². The molecular formula is C14H20N4O2. The number of rotatable bonds is 6. The Balaban J connectivity index is 2.52. The summed E-state index contributed by atoms with van der Waals surface area (Å²) in [6.45, 7) is 3.26. The molecule has 20 heavy (non-hydrogen) atoms. The first kappa shape index (κ1) is 14.3. The van der Waals surface area contributed by atoms with Crippen LogP contribution in [0.4, 0.5) is 0 Å². The summed E-state index contributed by atoms with van der Waals surface area (Å²) in [5, 5.41) is 8.31. The second-order valence-electron chi connectivity index (χ2n) is 4.38. The van der Waals surface area contributed by atoms with Gasteiger partial charge in [0.2, 0.25) is 0 Å². The van der Waals surface area contributed by atoms with Crippen LogP contribution in [0.3, 0.4) is 0 Å². The summed E-state index contributed by atoms with van der Waals surface area (Å²) < 4.78 is 12.5. The standard InChI is InChI=1S/C14H20N4O2/c1-4-7-18-14(11(9-15)16-17-18)10-5-6-12(19-2)13(8-10)20-3/h5-6,8H,4,7,9,15H2,1-3H3. The van der Waals surface area contributed by atoms with Crippen LogP contribution in [0.25, 0.3) is 11.3 Å². The minimum Gasteiger partial charge on any atom is -0.493 e. The van der Waals surface area contributed by atoms with E-state index in [1.165, 1.54) is 0 Å². The smallest absolute Gasteiger partial charge is 0.161 e. The number of hydrogen-bond donors (Lipinski definition) is 1. The van der Waals surface area contributed by atoms with Crippen molar-refractivity contribution in [1.82, 2.24) is 15.0 Å². The molecule has 1 heterocycles. The first-order valence-corrected chi connectivity index (χ1v) is 6.60. The topological polar surface area (TPSA) is 75.2 Å². The van der Waals surface area contributed by atoms with Gasteiger partial charge in [-0.3, -0.25) is 0 Å². The molecule has 2 rings (SSSR count). The zero-order chi connectivity index (χ0) is 14.5. The molecule has 0 radical (unpaired) electrons. The normalized spacial score (nSPS) is 10.6. The Kier molecular flexibility index (Phi) is 4.57. The molecule has 1 aromatic heterocycles. The molecule has 6 nitrogen and oxygen atoms in total. The molecule has 0 saturated heterocycles. The van der Waals surface area contributed by atoms with E-state index in [9.17, 15) is 0 Å². The number of ether oxygens (including phenoxy) is 2. The van der Waals surface area contributed by atoms with Crippen molar-refractivity contribution in [2.24, 2.45) is 5.73 Å². The molecule has 0 saturated carbocycles. The number of aryl methyl sites for hydroxylation is 1. The lowest BCUT2D eigenvalue weighted by Crippen LogP contribution is -2.04. The number of nitrogens with zero attached hydrogens (tertiary/aromatic N) is 3. The first-order valence-electron chi connectivity index (χ1n) is 6.60. The van der Waals surface area contributed by atoms with Crippen molar-refractivity contribution in [3.8, 4) is 22.8 Å². The summed E-state index contributed by atoms with van der Waals surface area (Å²) in [6.07, 6.45) is 0.980. The molecule has 1 aromatic carbocycles. The quantitative estimate of drug-likeness (QED) is 0.871. The van der Waals surface area contributed by atoms with Crippen LogP contribution in [-0.2, 0) is 13.1 Å². The predicted octanol–water partition coefficient (Wildman–Crippen LogP) is 1.83. The Labute approximate surface area is 118 Å². The number of hydrogen-bond acceptors (Lipinski definition) is 5. The molecule has 0 aliphatic rings. The van der Waals surface area contributed by atoms with Crippen LogP contribution in [0, 0.1) is 0 Å². The molecule has 0 bridgehead atoms. The van der Waals surface area contributed by atoms with E-state index in [1.54, 1.807) is 14.2 Å². The van der Waals surface area contributed by atoms with Gasteiger partial charge in [-0.25, -0.2) is 4.68 Å². The average Bonchev–Trinajstić information content (AvgIpc) is 2.89. The van der Waals surface area contributed by atoms with Gasteiger partial charge >= 0.3 is 0 Å². The summed E-state index contributed by atoms with van der Waals surface area (Å²) in [7, 11) is 3.23. The Morgan fingerprint density at radius 1 is 1.20 bits per heavy atom. The van der Waals surface area contributed by atoms with Crippen LogP contribution in [0.1, 0.15) is 19.0 Å². The van der Waals surface area contributed by atoms with Gasteiger partial charge in [0.15, 0.2) is 11.5 Å². The molecule has 108 valence electrons. The molecule has 0 amide bonds. The highest BCUT2D eigenvalue weighted by Gasteiger charge is 2.15. The molecule has 0 aliphatic heterocycles. The Hall–Kier alpha value is -2.08. The van der Waals surface area contributed by atoms with Gasteiger partial charge in [-0.2, -0.15) is 0 Å². The second kappa shape index (κ2) is 6.38. The van der Waals surface area contributed by atoms with Gasteiger partial charge < -0.3 is 15.2 Å². The second-order valence-corrected chi connectivity index (χ2v) is 4.38. The Morgan fingerprint density at radius 3 is 2.55 bits per heavy atom. The van der Waals surface area contributed by atoms with E-state index in [-0.39, 0.29) is 0 Å². The lowest BCUT2D eigenvalue weighted by atomic mass is 10.1. The maximum absolute atomic E-state index is 5.75. The van der Waals surface area contributed by atoms with Crippen molar-refractivity contribution < 1.29 is 9.47 Å². The van der Waals surface area contributed by atoms with Crippen LogP contribution < -0.4 is 15.2 Å². The van der Waals surface area contributed by atoms with Gasteiger partial charge in [-0.15, -0.1) is 5.10 Å². The molecule has 0 unspecified atom stereocenters. The van der Waals surface area contributed by atoms with Crippen LogP contribution in [0.15, 0.2) is 18.2 Å². The third kappa shape index (κ3) is 2.60. The highest BCUT2D eigenvalue weighted by molar-refractivity contribution is 5.66. The van der Waals surface area contributed by atoms with Crippen molar-refractivity contribution in [3.63, 3.8) is 0 Å². The van der Waals surface area contributed by atoms with Crippen LogP contribution in [0.5, 0.6) is 11.5 Å². The zero-order valence-corrected chi connectivity index (χ0v) is 12.1. The summed E-state index contributed by atoms with van der Waals surface area (Å²) in [4.78, 5) is 0. The van der Waals surface area contributed by atoms with Crippen LogP contribution >= 0.6 is 0 Å². The maximum Gasteiger partial charge on any atom is 0.161 e. The third-order valence-corrected chi connectivity index (χ3v) is 3.09. The fourth-order valence-corrected chi connectivity index (χ4v) is 2.15. The van der Waals surface area contributed by atoms with E-state index in [2.05, 4.69) is 17.2 Å². The van der Waals surface area contributed by atoms with E-state index in [0.717, 1.165) is 29.9 Å². The average molecular weight is 276 g/mol. The van der Waals surface area contributed by atoms with Crippen molar-refractivity contribution in [2.75, 3.05) is 14.2 Å². The largest absolute Gasteiger partial charge is 0.493 e. The highest BCUT2D eigenvalue weighted by atomic mass is 16.5. The van der Waals surface area contributed by atoms with Crippen LogP contribution in [0.2, 0.25) is 0 Å². The van der Waals surface area contributed by atoms with E-state index in [4.69, 9.17) is 15.2 Å². The summed E-state index contributed by atoms with van der Waals surface area (Å²) in [5.74, 6) is 1.37. The fraction of sp³-hybridized carbons (Fsp3) is 0.429. The Morgan fingerprint density at radius 2 is 1.95 bits per heavy atom. The minimum absolute atomic E-state index is 0.355. The molecule has 6 heteroatoms. The molecular weight excluding hydrogens is 256 g/mol. The number of aromatic nitrogens is 3. The summed E-state index contributed by atoms with van der Waals surface area (Å²) in [6, 6.07) is 5.76. The molecule has 0 aliphatic carbocycles. The van der Waals surface area contributed by atoms with Crippen molar-refractivity contribution in [3.05, 3.63) is 23.9 Å². The molecule has 0 atom stereocenters. The van der Waals surface area contributed by atoms with Gasteiger partial charge in [-0.1, -0.05) is 12.1 Å². The molecule has 0 fully saturated rings. The van der Waals surface area contributed by atoms with E-state index in [1.807, 2.05) is 22.9 Å². The zero-order valence-electron chi connectivity index (χ0n) is 12.1. The van der Waals surface area contributed by atoms with E-state index in [0.29, 0.717) is 18.0 Å². The molecule has 2 N–H and O–H groups in total. The van der Waals surface area contributed by atoms with Gasteiger partial charge in [0.05, 0.1) is 19.9 Å². The number of benzene rings is 1. The van der Waals surface area contributed by atoms with Crippen molar-refractivity contribution >= 4 is 0 Å². The lowest BCUT2D eigenvalue weighted by molar-refractivity contribution is 0.355. The predicted molar refractivity (Wildman–Crippen MR) is 76.7 cm³/mol. The van der Waals surface area contributed by atoms with Gasteiger partial charge in [0.25, 0.3) is 0 Å². The van der Waals surface area contributed by atoms with E-state index >= 15 is 0 Å². The SMILES string of the molecule is CCCn1nnc(CN)c1-c1ccc(OC)c(OC)c1. The first-order chi connectivity index (χ1) is 9.74. The third-order valence-electron chi connectivity index (χ3n) is 3.09. The summed E-state index contributed by atoms with van der Waals surface area (Å²) in [5.41, 5.74) is 8.45. The van der Waals surface area contributed by atoms with Crippen molar-refractivity contribution in [2.45, 2.75) is 26.4 Å². The number of methoxy groups -OCH3 is 2.